The van der Waals surface area contributed by atoms with Gasteiger partial charge in [-0.2, -0.15) is 5.10 Å². The molecule has 2 heterocycles. The van der Waals surface area contributed by atoms with Crippen LogP contribution in [0.25, 0.3) is 0 Å². The molecule has 1 aliphatic rings. The molecule has 0 amide bonds. The Bertz CT molecular complexity index is 267. The van der Waals surface area contributed by atoms with Gasteiger partial charge in [-0.3, -0.25) is 5.10 Å². The van der Waals surface area contributed by atoms with Gasteiger partial charge in [0, 0.05) is 19.1 Å². The van der Waals surface area contributed by atoms with E-state index in [-0.39, 0.29) is 0 Å². The molecule has 1 fully saturated rings. The van der Waals surface area contributed by atoms with Gasteiger partial charge in [0.2, 0.25) is 0 Å². The third kappa shape index (κ3) is 1.92. The van der Waals surface area contributed by atoms with Crippen molar-refractivity contribution in [2.45, 2.75) is 6.42 Å². The summed E-state index contributed by atoms with van der Waals surface area (Å²) in [6, 6.07) is 0. The molecule has 0 spiro atoms. The van der Waals surface area contributed by atoms with Crippen LogP contribution in [-0.2, 0) is 4.74 Å². The van der Waals surface area contributed by atoms with Crippen LogP contribution < -0.4 is 11.1 Å². The van der Waals surface area contributed by atoms with Crippen molar-refractivity contribution in [2.24, 2.45) is 5.92 Å². The Morgan fingerprint density at radius 3 is 3.31 bits per heavy atom. The van der Waals surface area contributed by atoms with Crippen molar-refractivity contribution < 1.29 is 4.74 Å². The molecule has 0 saturated carbocycles. The minimum Gasteiger partial charge on any atom is -0.382 e. The van der Waals surface area contributed by atoms with E-state index in [0.29, 0.717) is 11.7 Å². The van der Waals surface area contributed by atoms with E-state index in [9.17, 15) is 0 Å². The summed E-state index contributed by atoms with van der Waals surface area (Å²) in [4.78, 5) is 0. The molecule has 0 radical (unpaired) electrons. The number of aromatic nitrogens is 2. The Hall–Kier alpha value is -1.23. The summed E-state index contributed by atoms with van der Waals surface area (Å²) in [7, 11) is 0. The normalized spacial score (nSPS) is 22.0. The first-order chi connectivity index (χ1) is 6.36. The lowest BCUT2D eigenvalue weighted by Gasteiger charge is -2.08. The van der Waals surface area contributed by atoms with Crippen molar-refractivity contribution in [1.82, 2.24) is 10.2 Å². The molecular formula is C8H14N4O. The summed E-state index contributed by atoms with van der Waals surface area (Å²) >= 11 is 0. The van der Waals surface area contributed by atoms with E-state index in [1.165, 1.54) is 0 Å². The average molecular weight is 182 g/mol. The topological polar surface area (TPSA) is 76.0 Å². The van der Waals surface area contributed by atoms with Crippen molar-refractivity contribution >= 4 is 11.5 Å². The Labute approximate surface area is 76.7 Å². The Morgan fingerprint density at radius 2 is 2.69 bits per heavy atom. The van der Waals surface area contributed by atoms with Gasteiger partial charge in [0.25, 0.3) is 0 Å². The van der Waals surface area contributed by atoms with Crippen molar-refractivity contribution in [3.63, 3.8) is 0 Å². The zero-order chi connectivity index (χ0) is 9.10. The fourth-order valence-electron chi connectivity index (χ4n) is 1.44. The number of nitrogens with one attached hydrogen (secondary N) is 2. The number of ether oxygens (including phenoxy) is 1. The maximum absolute atomic E-state index is 5.61. The lowest BCUT2D eigenvalue weighted by atomic mass is 10.1. The number of H-pyrrole nitrogens is 1. The predicted molar refractivity (Wildman–Crippen MR) is 50.4 cm³/mol. The molecule has 1 aliphatic heterocycles. The van der Waals surface area contributed by atoms with E-state index in [2.05, 4.69) is 15.5 Å². The number of anilines is 2. The molecule has 0 aromatic carbocycles. The van der Waals surface area contributed by atoms with Crippen molar-refractivity contribution in [1.29, 1.82) is 0 Å². The van der Waals surface area contributed by atoms with Crippen LogP contribution in [0.1, 0.15) is 6.42 Å². The van der Waals surface area contributed by atoms with E-state index in [1.54, 1.807) is 6.20 Å². The molecule has 0 bridgehead atoms. The van der Waals surface area contributed by atoms with Crippen LogP contribution in [-0.4, -0.2) is 30.0 Å². The molecule has 13 heavy (non-hydrogen) atoms. The summed E-state index contributed by atoms with van der Waals surface area (Å²) in [5.74, 6) is 1.20. The van der Waals surface area contributed by atoms with Gasteiger partial charge in [-0.25, -0.2) is 0 Å². The SMILES string of the molecule is Nc1[nH]ncc1NCC1CCOC1. The van der Waals surface area contributed by atoms with Crippen LogP contribution in [0, 0.1) is 5.92 Å². The van der Waals surface area contributed by atoms with Crippen LogP contribution in [0.3, 0.4) is 0 Å². The number of nitrogen functional groups attached to an aromatic ring is 1. The summed E-state index contributed by atoms with van der Waals surface area (Å²) in [6.07, 6.45) is 2.83. The van der Waals surface area contributed by atoms with Gasteiger partial charge in [0.15, 0.2) is 0 Å². The summed E-state index contributed by atoms with van der Waals surface area (Å²) in [5, 5.41) is 9.74. The largest absolute Gasteiger partial charge is 0.382 e. The fraction of sp³-hybridized carbons (Fsp3) is 0.625. The highest BCUT2D eigenvalue weighted by molar-refractivity contribution is 5.59. The van der Waals surface area contributed by atoms with Crippen LogP contribution in [0.5, 0.6) is 0 Å². The summed E-state index contributed by atoms with van der Waals surface area (Å²) in [6.45, 7) is 2.64. The van der Waals surface area contributed by atoms with E-state index in [1.807, 2.05) is 0 Å². The van der Waals surface area contributed by atoms with Crippen LogP contribution >= 0.6 is 0 Å². The second-order valence-corrected chi connectivity index (χ2v) is 3.31. The number of nitrogens with two attached hydrogens (primary N) is 1. The molecule has 5 nitrogen and oxygen atoms in total. The minimum atomic E-state index is 0.596. The Morgan fingerprint density at radius 1 is 1.77 bits per heavy atom. The zero-order valence-electron chi connectivity index (χ0n) is 7.42. The lowest BCUT2D eigenvalue weighted by molar-refractivity contribution is 0.187. The molecule has 0 aliphatic carbocycles. The van der Waals surface area contributed by atoms with Crippen molar-refractivity contribution in [3.05, 3.63) is 6.20 Å². The second-order valence-electron chi connectivity index (χ2n) is 3.31. The van der Waals surface area contributed by atoms with Crippen LogP contribution in [0.15, 0.2) is 6.20 Å². The van der Waals surface area contributed by atoms with Crippen molar-refractivity contribution in [2.75, 3.05) is 30.8 Å². The standard InChI is InChI=1S/C8H14N4O/c9-8-7(4-11-12-8)10-3-6-1-2-13-5-6/h4,6,10H,1-3,5H2,(H3,9,11,12). The second kappa shape index (κ2) is 3.66. The summed E-state index contributed by atoms with van der Waals surface area (Å²) in [5.41, 5.74) is 6.49. The Kier molecular flexibility index (Phi) is 2.35. The van der Waals surface area contributed by atoms with Gasteiger partial charge < -0.3 is 15.8 Å². The van der Waals surface area contributed by atoms with Gasteiger partial charge >= 0.3 is 0 Å². The number of nitrogens with zero attached hydrogens (tertiary/aromatic N) is 1. The maximum Gasteiger partial charge on any atom is 0.142 e. The van der Waals surface area contributed by atoms with Gasteiger partial charge in [0.05, 0.1) is 18.5 Å². The highest BCUT2D eigenvalue weighted by Crippen LogP contribution is 2.16. The third-order valence-corrected chi connectivity index (χ3v) is 2.27. The van der Waals surface area contributed by atoms with E-state index in [4.69, 9.17) is 10.5 Å². The highest BCUT2D eigenvalue weighted by Gasteiger charge is 2.15. The lowest BCUT2D eigenvalue weighted by Crippen LogP contribution is -2.14. The van der Waals surface area contributed by atoms with E-state index < -0.39 is 0 Å². The Balaban J connectivity index is 1.82. The molecule has 1 atom stereocenters. The number of hydrogen-bond donors (Lipinski definition) is 3. The van der Waals surface area contributed by atoms with Crippen molar-refractivity contribution in [3.8, 4) is 0 Å². The molecule has 72 valence electrons. The first-order valence-corrected chi connectivity index (χ1v) is 4.46. The monoisotopic (exact) mass is 182 g/mol. The van der Waals surface area contributed by atoms with Gasteiger partial charge in [-0.05, 0) is 6.42 Å². The first-order valence-electron chi connectivity index (χ1n) is 4.46. The zero-order valence-corrected chi connectivity index (χ0v) is 7.42. The van der Waals surface area contributed by atoms with E-state index >= 15 is 0 Å². The maximum atomic E-state index is 5.61. The van der Waals surface area contributed by atoms with E-state index in [0.717, 1.165) is 31.9 Å². The quantitative estimate of drug-likeness (QED) is 0.634. The van der Waals surface area contributed by atoms with Gasteiger partial charge in [-0.1, -0.05) is 0 Å². The average Bonchev–Trinajstić information content (AvgIpc) is 2.72. The predicted octanol–water partition coefficient (Wildman–Crippen LogP) is 0.440. The number of rotatable bonds is 3. The number of hydrogen-bond acceptors (Lipinski definition) is 4. The molecule has 1 aromatic rings. The van der Waals surface area contributed by atoms with Gasteiger partial charge in [0.1, 0.15) is 5.82 Å². The fourth-order valence-corrected chi connectivity index (χ4v) is 1.44. The highest BCUT2D eigenvalue weighted by atomic mass is 16.5. The minimum absolute atomic E-state index is 0.596. The molecule has 4 N–H and O–H groups in total. The number of aromatic amines is 1. The molecule has 2 rings (SSSR count). The first kappa shape index (κ1) is 8.37. The molecular weight excluding hydrogens is 168 g/mol. The van der Waals surface area contributed by atoms with Gasteiger partial charge in [-0.15, -0.1) is 0 Å². The molecule has 1 aromatic heterocycles. The van der Waals surface area contributed by atoms with Crippen LogP contribution in [0.2, 0.25) is 0 Å². The molecule has 1 unspecified atom stereocenters. The summed E-state index contributed by atoms with van der Waals surface area (Å²) < 4.78 is 5.26. The third-order valence-electron chi connectivity index (χ3n) is 2.27. The van der Waals surface area contributed by atoms with Crippen LogP contribution in [0.4, 0.5) is 11.5 Å². The molecule has 5 heteroatoms. The smallest absolute Gasteiger partial charge is 0.142 e. The molecule has 1 saturated heterocycles.